The van der Waals surface area contributed by atoms with Crippen LogP contribution >= 0.6 is 11.3 Å². The third kappa shape index (κ3) is 9.43. The molecule has 0 saturated carbocycles. The van der Waals surface area contributed by atoms with Gasteiger partial charge in [0.05, 0.1) is 34.6 Å². The zero-order valence-corrected chi connectivity index (χ0v) is 25.7. The van der Waals surface area contributed by atoms with Gasteiger partial charge in [0.15, 0.2) is 0 Å². The summed E-state index contributed by atoms with van der Waals surface area (Å²) in [6.07, 6.45) is 1.94. The van der Waals surface area contributed by atoms with Gasteiger partial charge in [0.25, 0.3) is 0 Å². The standard InChI is InChI=1S/C27H40N4O7S2/c1-16(2)37-25(32)29-18-11-12-20(23(13-18)40(34,35)31-27(5,6)7)22-14-28-24(39-22)21-10-8-9-19(15-36-21)30-26(33)38-17(3)4/h11-14,16-17,19,21,31H,8-10,15H2,1-7H3,(H,29,32)(H,30,33)/t19-,21+/m1/s1. The second-order valence-electron chi connectivity index (χ2n) is 11.3. The first kappa shape index (κ1) is 31.8. The van der Waals surface area contributed by atoms with Crippen LogP contribution in [-0.4, -0.2) is 56.0 Å². The van der Waals surface area contributed by atoms with Crippen molar-refractivity contribution in [3.8, 4) is 10.4 Å². The molecule has 0 aliphatic carbocycles. The molecule has 40 heavy (non-hydrogen) atoms. The first-order chi connectivity index (χ1) is 18.6. The maximum Gasteiger partial charge on any atom is 0.411 e. The smallest absolute Gasteiger partial charge is 0.411 e. The average Bonchev–Trinajstić information content (AvgIpc) is 3.17. The SMILES string of the molecule is CC(C)OC(=O)Nc1ccc(-c2cnc([C@@H]3CCC[C@@H](NC(=O)OC(C)C)CO3)s2)c(S(=O)(=O)NC(C)(C)C)c1. The second-order valence-corrected chi connectivity index (χ2v) is 14.0. The number of hydrogen-bond donors (Lipinski definition) is 3. The van der Waals surface area contributed by atoms with E-state index in [1.807, 2.05) is 0 Å². The summed E-state index contributed by atoms with van der Waals surface area (Å²) in [5.74, 6) is 0. The van der Waals surface area contributed by atoms with Gasteiger partial charge in [-0.05, 0) is 79.9 Å². The molecule has 222 valence electrons. The predicted molar refractivity (Wildman–Crippen MR) is 154 cm³/mol. The number of hydrogen-bond acceptors (Lipinski definition) is 9. The van der Waals surface area contributed by atoms with Gasteiger partial charge in [-0.1, -0.05) is 6.07 Å². The monoisotopic (exact) mass is 596 g/mol. The van der Waals surface area contributed by atoms with E-state index >= 15 is 0 Å². The molecule has 1 aliphatic heterocycles. The van der Waals surface area contributed by atoms with Crippen LogP contribution < -0.4 is 15.4 Å². The Labute approximate surface area is 240 Å². The highest BCUT2D eigenvalue weighted by Gasteiger charge is 2.28. The van der Waals surface area contributed by atoms with Crippen LogP contribution in [0, 0.1) is 0 Å². The number of carbonyl (C=O) groups is 2. The Hall–Kier alpha value is -2.74. The molecule has 3 rings (SSSR count). The topological polar surface area (TPSA) is 145 Å². The van der Waals surface area contributed by atoms with Crippen molar-refractivity contribution >= 4 is 39.2 Å². The zero-order chi connectivity index (χ0) is 29.7. The molecule has 0 bridgehead atoms. The van der Waals surface area contributed by atoms with Gasteiger partial charge in [-0.3, -0.25) is 5.32 Å². The van der Waals surface area contributed by atoms with Gasteiger partial charge >= 0.3 is 12.2 Å². The second kappa shape index (κ2) is 13.3. The minimum atomic E-state index is -3.97. The maximum absolute atomic E-state index is 13.5. The Balaban J connectivity index is 1.85. The van der Waals surface area contributed by atoms with Gasteiger partial charge in [0.1, 0.15) is 11.1 Å². The molecular formula is C27H40N4O7S2. The zero-order valence-electron chi connectivity index (χ0n) is 24.1. The molecule has 1 aromatic carbocycles. The molecule has 1 saturated heterocycles. The molecule has 1 aromatic heterocycles. The predicted octanol–water partition coefficient (Wildman–Crippen LogP) is 5.59. The fourth-order valence-corrected chi connectivity index (χ4v) is 6.85. The van der Waals surface area contributed by atoms with E-state index in [-0.39, 0.29) is 34.9 Å². The summed E-state index contributed by atoms with van der Waals surface area (Å²) in [5, 5.41) is 6.16. The highest BCUT2D eigenvalue weighted by molar-refractivity contribution is 7.89. The lowest BCUT2D eigenvalue weighted by atomic mass is 10.1. The highest BCUT2D eigenvalue weighted by atomic mass is 32.2. The number of nitrogens with one attached hydrogen (secondary N) is 3. The molecule has 11 nitrogen and oxygen atoms in total. The lowest BCUT2D eigenvalue weighted by molar-refractivity contribution is 0.0440. The normalized spacial score (nSPS) is 18.3. The summed E-state index contributed by atoms with van der Waals surface area (Å²) < 4.78 is 46.0. The summed E-state index contributed by atoms with van der Waals surface area (Å²) >= 11 is 1.35. The Morgan fingerprint density at radius 1 is 1.07 bits per heavy atom. The summed E-state index contributed by atoms with van der Waals surface area (Å²) in [6, 6.07) is 4.52. The van der Waals surface area contributed by atoms with E-state index < -0.39 is 27.7 Å². The van der Waals surface area contributed by atoms with E-state index in [4.69, 9.17) is 14.2 Å². The van der Waals surface area contributed by atoms with Gasteiger partial charge < -0.3 is 19.5 Å². The number of nitrogens with zero attached hydrogens (tertiary/aromatic N) is 1. The van der Waals surface area contributed by atoms with E-state index in [2.05, 4.69) is 20.3 Å². The van der Waals surface area contributed by atoms with Crippen molar-refractivity contribution in [1.29, 1.82) is 0 Å². The van der Waals surface area contributed by atoms with E-state index in [1.54, 1.807) is 66.8 Å². The first-order valence-electron chi connectivity index (χ1n) is 13.3. The van der Waals surface area contributed by atoms with Crippen LogP contribution in [0.25, 0.3) is 10.4 Å². The molecule has 0 radical (unpaired) electrons. The molecule has 1 aliphatic rings. The minimum absolute atomic E-state index is 0.00897. The average molecular weight is 597 g/mol. The number of carbonyl (C=O) groups excluding carboxylic acids is 2. The Kier molecular flexibility index (Phi) is 10.6. The fraction of sp³-hybridized carbons (Fsp3) is 0.593. The number of benzene rings is 1. The summed E-state index contributed by atoms with van der Waals surface area (Å²) in [6.45, 7) is 12.6. The van der Waals surface area contributed by atoms with Crippen LogP contribution in [0.15, 0.2) is 29.3 Å². The summed E-state index contributed by atoms with van der Waals surface area (Å²) in [7, 11) is -3.97. The van der Waals surface area contributed by atoms with Crippen molar-refractivity contribution < 1.29 is 32.2 Å². The van der Waals surface area contributed by atoms with Gasteiger partial charge in [-0.25, -0.2) is 27.7 Å². The molecule has 2 aromatic rings. The third-order valence-electron chi connectivity index (χ3n) is 5.55. The Morgan fingerprint density at radius 3 is 2.40 bits per heavy atom. The van der Waals surface area contributed by atoms with E-state index in [1.165, 1.54) is 17.4 Å². The van der Waals surface area contributed by atoms with Gasteiger partial charge in [-0.2, -0.15) is 0 Å². The number of rotatable bonds is 8. The minimum Gasteiger partial charge on any atom is -0.447 e. The third-order valence-corrected chi connectivity index (χ3v) is 8.47. The summed E-state index contributed by atoms with van der Waals surface area (Å²) in [5.41, 5.74) is 0.0120. The van der Waals surface area contributed by atoms with E-state index in [9.17, 15) is 18.0 Å². The van der Waals surface area contributed by atoms with Crippen molar-refractivity contribution in [2.24, 2.45) is 0 Å². The number of anilines is 1. The molecule has 3 N–H and O–H groups in total. The van der Waals surface area contributed by atoms with E-state index in [0.717, 1.165) is 17.8 Å². The number of amides is 2. The van der Waals surface area contributed by atoms with Crippen LogP contribution in [0.3, 0.4) is 0 Å². The molecule has 0 unspecified atom stereocenters. The van der Waals surface area contributed by atoms with E-state index in [0.29, 0.717) is 23.5 Å². The van der Waals surface area contributed by atoms with Gasteiger partial charge in [-0.15, -0.1) is 11.3 Å². The number of alkyl carbamates (subject to hydrolysis) is 1. The van der Waals surface area contributed by atoms with Crippen molar-refractivity contribution in [2.75, 3.05) is 11.9 Å². The van der Waals surface area contributed by atoms with Crippen molar-refractivity contribution in [3.63, 3.8) is 0 Å². The quantitative estimate of drug-likeness (QED) is 0.358. The van der Waals surface area contributed by atoms with Crippen LogP contribution in [0.2, 0.25) is 0 Å². The number of thiazole rings is 1. The van der Waals surface area contributed by atoms with Crippen molar-refractivity contribution in [3.05, 3.63) is 29.4 Å². The fourth-order valence-electron chi connectivity index (χ4n) is 4.08. The number of aromatic nitrogens is 1. The van der Waals surface area contributed by atoms with Crippen molar-refractivity contribution in [2.45, 2.75) is 103 Å². The molecule has 0 spiro atoms. The largest absolute Gasteiger partial charge is 0.447 e. The lowest BCUT2D eigenvalue weighted by Gasteiger charge is -2.22. The van der Waals surface area contributed by atoms with Gasteiger partial charge in [0, 0.05) is 23.0 Å². The highest BCUT2D eigenvalue weighted by Crippen LogP contribution is 2.38. The lowest BCUT2D eigenvalue weighted by Crippen LogP contribution is -2.40. The molecular weight excluding hydrogens is 556 g/mol. The summed E-state index contributed by atoms with van der Waals surface area (Å²) in [4.78, 5) is 29.4. The van der Waals surface area contributed by atoms with Crippen LogP contribution in [-0.2, 0) is 24.2 Å². The molecule has 2 atom stereocenters. The first-order valence-corrected chi connectivity index (χ1v) is 15.6. The van der Waals surface area contributed by atoms with Gasteiger partial charge in [0.2, 0.25) is 10.0 Å². The number of ether oxygens (including phenoxy) is 3. The number of sulfonamides is 1. The van der Waals surface area contributed by atoms with Crippen LogP contribution in [0.1, 0.15) is 78.8 Å². The molecule has 1 fully saturated rings. The molecule has 2 amide bonds. The molecule has 2 heterocycles. The Bertz CT molecular complexity index is 1290. The Morgan fingerprint density at radius 2 is 1.75 bits per heavy atom. The van der Waals surface area contributed by atoms with Crippen LogP contribution in [0.4, 0.5) is 15.3 Å². The maximum atomic E-state index is 13.5. The van der Waals surface area contributed by atoms with Crippen molar-refractivity contribution in [1.82, 2.24) is 15.0 Å². The molecule has 13 heteroatoms. The van der Waals surface area contributed by atoms with Crippen LogP contribution in [0.5, 0.6) is 0 Å².